The minimum atomic E-state index is -0.0989. The molecule has 1 aromatic carbocycles. The van der Waals surface area contributed by atoms with Gasteiger partial charge in [0.15, 0.2) is 6.61 Å². The lowest BCUT2D eigenvalue weighted by Gasteiger charge is -2.19. The molecule has 0 spiro atoms. The van der Waals surface area contributed by atoms with Crippen LogP contribution in [0, 0.1) is 5.92 Å². The monoisotopic (exact) mass is 278 g/mol. The summed E-state index contributed by atoms with van der Waals surface area (Å²) in [6, 6.07) is 7.41. The van der Waals surface area contributed by atoms with E-state index in [1.54, 1.807) is 19.2 Å². The Morgan fingerprint density at radius 2 is 2.20 bits per heavy atom. The summed E-state index contributed by atoms with van der Waals surface area (Å²) in [7, 11) is 1.60. The number of hydrogen-bond acceptors (Lipinski definition) is 4. The van der Waals surface area contributed by atoms with E-state index in [9.17, 15) is 4.79 Å². The van der Waals surface area contributed by atoms with Gasteiger partial charge >= 0.3 is 0 Å². The second-order valence-corrected chi connectivity index (χ2v) is 5.07. The minimum Gasteiger partial charge on any atom is -0.497 e. The highest BCUT2D eigenvalue weighted by atomic mass is 16.5. The van der Waals surface area contributed by atoms with Gasteiger partial charge < -0.3 is 20.5 Å². The number of amides is 1. The first-order valence-electron chi connectivity index (χ1n) is 6.99. The number of carbonyl (C=O) groups is 1. The maximum atomic E-state index is 11.9. The Morgan fingerprint density at radius 3 is 2.95 bits per heavy atom. The van der Waals surface area contributed by atoms with Crippen molar-refractivity contribution in [1.82, 2.24) is 5.32 Å². The summed E-state index contributed by atoms with van der Waals surface area (Å²) in [5.41, 5.74) is 5.70. The molecule has 5 heteroatoms. The Labute approximate surface area is 119 Å². The number of benzene rings is 1. The summed E-state index contributed by atoms with van der Waals surface area (Å²) in [6.45, 7) is 0.642. The van der Waals surface area contributed by atoms with Crippen molar-refractivity contribution in [2.45, 2.75) is 25.3 Å². The highest BCUT2D eigenvalue weighted by molar-refractivity contribution is 5.77. The van der Waals surface area contributed by atoms with Crippen LogP contribution < -0.4 is 20.5 Å². The Hall–Kier alpha value is -1.75. The lowest BCUT2D eigenvalue weighted by molar-refractivity contribution is -0.124. The van der Waals surface area contributed by atoms with Gasteiger partial charge in [0.1, 0.15) is 11.5 Å². The summed E-state index contributed by atoms with van der Waals surface area (Å²) in [4.78, 5) is 11.9. The van der Waals surface area contributed by atoms with Gasteiger partial charge in [-0.3, -0.25) is 4.79 Å². The quantitative estimate of drug-likeness (QED) is 0.823. The van der Waals surface area contributed by atoms with Crippen molar-refractivity contribution in [3.63, 3.8) is 0 Å². The number of nitrogens with two attached hydrogens (primary N) is 1. The number of methoxy groups -OCH3 is 1. The second-order valence-electron chi connectivity index (χ2n) is 5.07. The lowest BCUT2D eigenvalue weighted by Crippen LogP contribution is -2.42. The summed E-state index contributed by atoms with van der Waals surface area (Å²) < 4.78 is 10.6. The Kier molecular flexibility index (Phi) is 5.24. The molecule has 110 valence electrons. The van der Waals surface area contributed by atoms with Crippen molar-refractivity contribution in [3.05, 3.63) is 24.3 Å². The number of ether oxygens (including phenoxy) is 2. The van der Waals surface area contributed by atoms with Crippen molar-refractivity contribution in [1.29, 1.82) is 0 Å². The molecule has 0 aromatic heterocycles. The summed E-state index contributed by atoms with van der Waals surface area (Å²) in [5.74, 6) is 1.64. The third kappa shape index (κ3) is 3.87. The topological polar surface area (TPSA) is 73.6 Å². The zero-order valence-electron chi connectivity index (χ0n) is 11.8. The number of carbonyl (C=O) groups excluding carboxylic acids is 1. The van der Waals surface area contributed by atoms with E-state index in [1.165, 1.54) is 0 Å². The van der Waals surface area contributed by atoms with Crippen molar-refractivity contribution in [2.24, 2.45) is 11.7 Å². The molecule has 1 aliphatic rings. The first-order chi connectivity index (χ1) is 9.72. The van der Waals surface area contributed by atoms with Gasteiger partial charge in [-0.15, -0.1) is 0 Å². The first kappa shape index (κ1) is 14.7. The standard InChI is InChI=1S/C15H22N2O3/c1-19-12-5-3-6-13(8-12)20-10-15(18)17-14-7-2-4-11(14)9-16/h3,5-6,8,11,14H,2,4,7,9-10,16H2,1H3,(H,17,18). The van der Waals surface area contributed by atoms with Gasteiger partial charge in [-0.1, -0.05) is 12.5 Å². The van der Waals surface area contributed by atoms with Crippen LogP contribution in [0.3, 0.4) is 0 Å². The SMILES string of the molecule is COc1cccc(OCC(=O)NC2CCCC2CN)c1. The molecule has 1 amide bonds. The molecular formula is C15H22N2O3. The van der Waals surface area contributed by atoms with Crippen molar-refractivity contribution >= 4 is 5.91 Å². The van der Waals surface area contributed by atoms with E-state index >= 15 is 0 Å². The molecule has 2 rings (SSSR count). The molecule has 0 bridgehead atoms. The third-order valence-electron chi connectivity index (χ3n) is 3.72. The molecule has 1 aromatic rings. The minimum absolute atomic E-state index is 0.0148. The third-order valence-corrected chi connectivity index (χ3v) is 3.72. The molecule has 1 saturated carbocycles. The smallest absolute Gasteiger partial charge is 0.258 e. The van der Waals surface area contributed by atoms with Crippen LogP contribution in [0.5, 0.6) is 11.5 Å². The fourth-order valence-corrected chi connectivity index (χ4v) is 2.60. The number of hydrogen-bond donors (Lipinski definition) is 2. The van der Waals surface area contributed by atoms with Crippen LogP contribution in [0.15, 0.2) is 24.3 Å². The zero-order valence-corrected chi connectivity index (χ0v) is 11.8. The van der Waals surface area contributed by atoms with Gasteiger partial charge in [0.05, 0.1) is 7.11 Å². The molecule has 0 heterocycles. The van der Waals surface area contributed by atoms with Crippen LogP contribution in [0.1, 0.15) is 19.3 Å². The highest BCUT2D eigenvalue weighted by Gasteiger charge is 2.27. The average molecular weight is 278 g/mol. The van der Waals surface area contributed by atoms with Crippen molar-refractivity contribution in [2.75, 3.05) is 20.3 Å². The van der Waals surface area contributed by atoms with Crippen LogP contribution in [0.4, 0.5) is 0 Å². The first-order valence-corrected chi connectivity index (χ1v) is 6.99. The lowest BCUT2D eigenvalue weighted by atomic mass is 10.0. The maximum Gasteiger partial charge on any atom is 0.258 e. The maximum absolute atomic E-state index is 11.9. The van der Waals surface area contributed by atoms with Gasteiger partial charge in [0.25, 0.3) is 5.91 Å². The van der Waals surface area contributed by atoms with E-state index in [4.69, 9.17) is 15.2 Å². The summed E-state index contributed by atoms with van der Waals surface area (Å²) in [6.07, 6.45) is 3.23. The molecule has 0 aliphatic heterocycles. The molecule has 0 radical (unpaired) electrons. The molecule has 1 fully saturated rings. The summed E-state index contributed by atoms with van der Waals surface area (Å²) >= 11 is 0. The van der Waals surface area contributed by atoms with E-state index in [-0.39, 0.29) is 18.6 Å². The molecule has 5 nitrogen and oxygen atoms in total. The number of nitrogens with one attached hydrogen (secondary N) is 1. The summed E-state index contributed by atoms with van der Waals surface area (Å²) in [5, 5.41) is 3.00. The van der Waals surface area contributed by atoms with Crippen LogP contribution in [0.25, 0.3) is 0 Å². The normalized spacial score (nSPS) is 21.5. The zero-order chi connectivity index (χ0) is 14.4. The second kappa shape index (κ2) is 7.14. The van der Waals surface area contributed by atoms with Gasteiger partial charge in [-0.2, -0.15) is 0 Å². The van der Waals surface area contributed by atoms with Gasteiger partial charge in [-0.25, -0.2) is 0 Å². The molecule has 20 heavy (non-hydrogen) atoms. The Bertz CT molecular complexity index is 450. The van der Waals surface area contributed by atoms with E-state index < -0.39 is 0 Å². The van der Waals surface area contributed by atoms with E-state index in [0.717, 1.165) is 19.3 Å². The van der Waals surface area contributed by atoms with Crippen LogP contribution in [0.2, 0.25) is 0 Å². The Balaban J connectivity index is 1.79. The molecule has 3 N–H and O–H groups in total. The molecule has 0 saturated heterocycles. The van der Waals surface area contributed by atoms with Crippen molar-refractivity contribution in [3.8, 4) is 11.5 Å². The fourth-order valence-electron chi connectivity index (χ4n) is 2.60. The van der Waals surface area contributed by atoms with Crippen LogP contribution >= 0.6 is 0 Å². The van der Waals surface area contributed by atoms with Crippen molar-refractivity contribution < 1.29 is 14.3 Å². The molecule has 2 atom stereocenters. The van der Waals surface area contributed by atoms with Gasteiger partial charge in [-0.05, 0) is 37.4 Å². The van der Waals surface area contributed by atoms with E-state index in [1.807, 2.05) is 12.1 Å². The Morgan fingerprint density at radius 1 is 1.40 bits per heavy atom. The number of rotatable bonds is 6. The predicted molar refractivity (Wildman–Crippen MR) is 76.8 cm³/mol. The van der Waals surface area contributed by atoms with Gasteiger partial charge in [0.2, 0.25) is 0 Å². The van der Waals surface area contributed by atoms with E-state index in [2.05, 4.69) is 5.32 Å². The fraction of sp³-hybridized carbons (Fsp3) is 0.533. The van der Waals surface area contributed by atoms with Crippen LogP contribution in [-0.4, -0.2) is 32.2 Å². The molecule has 1 aliphatic carbocycles. The predicted octanol–water partition coefficient (Wildman–Crippen LogP) is 1.32. The molecular weight excluding hydrogens is 256 g/mol. The van der Waals surface area contributed by atoms with E-state index in [0.29, 0.717) is 24.0 Å². The molecule has 2 unspecified atom stereocenters. The highest BCUT2D eigenvalue weighted by Crippen LogP contribution is 2.24. The van der Waals surface area contributed by atoms with Gasteiger partial charge in [0, 0.05) is 12.1 Å². The largest absolute Gasteiger partial charge is 0.497 e. The van der Waals surface area contributed by atoms with Crippen LogP contribution in [-0.2, 0) is 4.79 Å². The average Bonchev–Trinajstić information content (AvgIpc) is 2.92.